The molecular weight excluding hydrogens is 519 g/mol. The largest absolute Gasteiger partial charge is 0.443 e. The SMILES string of the molecule is CN=C(NCCc1nc(-c2cccc(Cl)c2)no1)NCc1ncc(C(C)(C)C)o1.I. The number of nitrogens with zero attached hydrogens (tertiary/aromatic N) is 4. The van der Waals surface area contributed by atoms with Crippen molar-refractivity contribution in [1.82, 2.24) is 25.8 Å². The van der Waals surface area contributed by atoms with Gasteiger partial charge < -0.3 is 19.6 Å². The molecule has 1 aromatic carbocycles. The van der Waals surface area contributed by atoms with E-state index in [9.17, 15) is 0 Å². The number of hydrogen-bond acceptors (Lipinski definition) is 6. The highest BCUT2D eigenvalue weighted by Gasteiger charge is 2.19. The van der Waals surface area contributed by atoms with Crippen molar-refractivity contribution < 1.29 is 8.94 Å². The first kappa shape index (κ1) is 24.1. The van der Waals surface area contributed by atoms with Crippen molar-refractivity contribution in [1.29, 1.82) is 0 Å². The van der Waals surface area contributed by atoms with Gasteiger partial charge >= 0.3 is 0 Å². The third-order valence-electron chi connectivity index (χ3n) is 4.11. The zero-order valence-electron chi connectivity index (χ0n) is 17.4. The fraction of sp³-hybridized carbons (Fsp3) is 0.400. The Hall–Kier alpha value is -2.14. The van der Waals surface area contributed by atoms with Gasteiger partial charge in [-0.25, -0.2) is 4.98 Å². The first-order chi connectivity index (χ1) is 13.8. The lowest BCUT2D eigenvalue weighted by atomic mass is 9.94. The van der Waals surface area contributed by atoms with Crippen LogP contribution in [0, 0.1) is 0 Å². The molecule has 0 saturated carbocycles. The van der Waals surface area contributed by atoms with Crippen LogP contribution in [0.15, 0.2) is 44.4 Å². The minimum atomic E-state index is -0.0702. The van der Waals surface area contributed by atoms with E-state index in [4.69, 9.17) is 20.5 Å². The molecular formula is C20H26ClIN6O2. The molecule has 2 N–H and O–H groups in total. The van der Waals surface area contributed by atoms with Gasteiger partial charge in [-0.15, -0.1) is 24.0 Å². The number of aromatic nitrogens is 3. The van der Waals surface area contributed by atoms with Crippen LogP contribution in [0.4, 0.5) is 0 Å². The van der Waals surface area contributed by atoms with Crippen LogP contribution >= 0.6 is 35.6 Å². The second kappa shape index (κ2) is 10.8. The minimum Gasteiger partial charge on any atom is -0.443 e. The lowest BCUT2D eigenvalue weighted by Gasteiger charge is -2.13. The Morgan fingerprint density at radius 3 is 2.67 bits per heavy atom. The summed E-state index contributed by atoms with van der Waals surface area (Å²) in [7, 11) is 1.70. The molecule has 10 heteroatoms. The maximum Gasteiger partial charge on any atom is 0.228 e. The van der Waals surface area contributed by atoms with E-state index in [1.165, 1.54) is 0 Å². The summed E-state index contributed by atoms with van der Waals surface area (Å²) in [6.45, 7) is 7.27. The highest BCUT2D eigenvalue weighted by Crippen LogP contribution is 2.22. The second-order valence-electron chi connectivity index (χ2n) is 7.49. The van der Waals surface area contributed by atoms with Gasteiger partial charge in [-0.3, -0.25) is 4.99 Å². The van der Waals surface area contributed by atoms with Crippen LogP contribution in [0.2, 0.25) is 5.02 Å². The molecule has 0 saturated heterocycles. The van der Waals surface area contributed by atoms with E-state index in [1.54, 1.807) is 25.4 Å². The maximum absolute atomic E-state index is 6.01. The van der Waals surface area contributed by atoms with Gasteiger partial charge in [0.2, 0.25) is 17.6 Å². The number of benzene rings is 1. The van der Waals surface area contributed by atoms with Crippen molar-refractivity contribution in [3.63, 3.8) is 0 Å². The molecule has 0 aliphatic rings. The van der Waals surface area contributed by atoms with Crippen LogP contribution in [-0.4, -0.2) is 34.7 Å². The van der Waals surface area contributed by atoms with Crippen LogP contribution in [0.1, 0.15) is 38.3 Å². The van der Waals surface area contributed by atoms with Crippen LogP contribution in [-0.2, 0) is 18.4 Å². The summed E-state index contributed by atoms with van der Waals surface area (Å²) in [5.74, 6) is 3.15. The summed E-state index contributed by atoms with van der Waals surface area (Å²) in [6.07, 6.45) is 2.32. The molecule has 3 aromatic rings. The first-order valence-corrected chi connectivity index (χ1v) is 9.71. The van der Waals surface area contributed by atoms with E-state index in [0.717, 1.165) is 11.3 Å². The van der Waals surface area contributed by atoms with E-state index in [0.29, 0.717) is 48.1 Å². The molecule has 0 spiro atoms. The highest BCUT2D eigenvalue weighted by atomic mass is 127. The lowest BCUT2D eigenvalue weighted by Crippen LogP contribution is -2.37. The van der Waals surface area contributed by atoms with Crippen molar-refractivity contribution >= 4 is 41.5 Å². The van der Waals surface area contributed by atoms with Gasteiger partial charge in [0.25, 0.3) is 0 Å². The van der Waals surface area contributed by atoms with Crippen LogP contribution in [0.5, 0.6) is 0 Å². The molecule has 2 heterocycles. The van der Waals surface area contributed by atoms with E-state index in [2.05, 4.69) is 51.5 Å². The van der Waals surface area contributed by atoms with Crippen molar-refractivity contribution in [3.05, 3.63) is 53.0 Å². The fourth-order valence-corrected chi connectivity index (χ4v) is 2.70. The van der Waals surface area contributed by atoms with E-state index < -0.39 is 0 Å². The van der Waals surface area contributed by atoms with Gasteiger partial charge in [0.1, 0.15) is 5.76 Å². The molecule has 0 bridgehead atoms. The minimum absolute atomic E-state index is 0. The van der Waals surface area contributed by atoms with Gasteiger partial charge in [-0.1, -0.05) is 49.7 Å². The summed E-state index contributed by atoms with van der Waals surface area (Å²) in [5.41, 5.74) is 0.748. The number of hydrogen-bond donors (Lipinski definition) is 2. The molecule has 0 aliphatic heterocycles. The lowest BCUT2D eigenvalue weighted by molar-refractivity contribution is 0.377. The Bertz CT molecular complexity index is 980. The van der Waals surface area contributed by atoms with Crippen LogP contribution < -0.4 is 10.6 Å². The summed E-state index contributed by atoms with van der Waals surface area (Å²) >= 11 is 6.01. The molecule has 2 aromatic heterocycles. The van der Waals surface area contributed by atoms with Gasteiger partial charge in [0, 0.05) is 36.0 Å². The average Bonchev–Trinajstić information content (AvgIpc) is 3.34. The van der Waals surface area contributed by atoms with Gasteiger partial charge in [-0.05, 0) is 12.1 Å². The monoisotopic (exact) mass is 544 g/mol. The first-order valence-electron chi connectivity index (χ1n) is 9.33. The molecule has 3 rings (SSSR count). The third kappa shape index (κ3) is 6.69. The van der Waals surface area contributed by atoms with Crippen molar-refractivity contribution in [2.75, 3.05) is 13.6 Å². The van der Waals surface area contributed by atoms with Crippen LogP contribution in [0.25, 0.3) is 11.4 Å². The molecule has 0 radical (unpaired) electrons. The summed E-state index contributed by atoms with van der Waals surface area (Å²) in [4.78, 5) is 12.9. The van der Waals surface area contributed by atoms with E-state index in [1.807, 2.05) is 12.1 Å². The Morgan fingerprint density at radius 1 is 1.20 bits per heavy atom. The van der Waals surface area contributed by atoms with Crippen molar-refractivity contribution in [2.45, 2.75) is 39.2 Å². The molecule has 0 atom stereocenters. The Labute approximate surface area is 197 Å². The number of rotatable bonds is 6. The second-order valence-corrected chi connectivity index (χ2v) is 7.93. The number of oxazole rings is 1. The topological polar surface area (TPSA) is 101 Å². The Balaban J connectivity index is 0.00000320. The zero-order valence-corrected chi connectivity index (χ0v) is 20.5. The molecule has 0 fully saturated rings. The van der Waals surface area contributed by atoms with Gasteiger partial charge in [0.15, 0.2) is 5.96 Å². The van der Waals surface area contributed by atoms with Crippen molar-refractivity contribution in [2.24, 2.45) is 4.99 Å². The predicted octanol–water partition coefficient (Wildman–Crippen LogP) is 4.20. The molecule has 0 amide bonds. The van der Waals surface area contributed by atoms with Gasteiger partial charge in [0.05, 0.1) is 12.7 Å². The smallest absolute Gasteiger partial charge is 0.228 e. The fourth-order valence-electron chi connectivity index (χ4n) is 2.51. The van der Waals surface area contributed by atoms with Gasteiger partial charge in [-0.2, -0.15) is 4.98 Å². The molecule has 162 valence electrons. The standard InChI is InChI=1S/C20H25ClN6O2.HI/c1-20(2,3)15-11-24-17(28-15)12-25-19(22-4)23-9-8-16-26-18(27-29-16)13-6-5-7-14(21)10-13;/h5-7,10-11H,8-9,12H2,1-4H3,(H2,22,23,25);1H. The maximum atomic E-state index is 6.01. The zero-order chi connectivity index (χ0) is 20.9. The third-order valence-corrected chi connectivity index (χ3v) is 4.34. The highest BCUT2D eigenvalue weighted by molar-refractivity contribution is 14.0. The van der Waals surface area contributed by atoms with E-state index in [-0.39, 0.29) is 29.4 Å². The molecule has 0 unspecified atom stereocenters. The molecule has 8 nitrogen and oxygen atoms in total. The number of nitrogens with one attached hydrogen (secondary N) is 2. The molecule has 0 aliphatic carbocycles. The molecule has 30 heavy (non-hydrogen) atoms. The average molecular weight is 545 g/mol. The number of guanidine groups is 1. The van der Waals surface area contributed by atoms with E-state index >= 15 is 0 Å². The van der Waals surface area contributed by atoms with Crippen molar-refractivity contribution in [3.8, 4) is 11.4 Å². The summed E-state index contributed by atoms with van der Waals surface area (Å²) in [6, 6.07) is 7.34. The number of halogens is 2. The normalized spacial score (nSPS) is 11.8. The summed E-state index contributed by atoms with van der Waals surface area (Å²) in [5, 5.41) is 11.0. The predicted molar refractivity (Wildman–Crippen MR) is 127 cm³/mol. The Kier molecular flexibility index (Phi) is 8.65. The summed E-state index contributed by atoms with van der Waals surface area (Å²) < 4.78 is 11.1. The quantitative estimate of drug-likeness (QED) is 0.272. The number of aliphatic imine (C=N–C) groups is 1. The van der Waals surface area contributed by atoms with Crippen LogP contribution in [0.3, 0.4) is 0 Å². The Morgan fingerprint density at radius 2 is 2.00 bits per heavy atom.